The Hall–Kier alpha value is -2.49. The molecule has 168 valence electrons. The van der Waals surface area contributed by atoms with Gasteiger partial charge in [-0.15, -0.1) is 11.3 Å². The molecule has 3 aromatic rings. The minimum atomic E-state index is -0.0665. The zero-order valence-electron chi connectivity index (χ0n) is 17.9. The Labute approximate surface area is 195 Å². The van der Waals surface area contributed by atoms with E-state index in [4.69, 9.17) is 16.3 Å². The molecule has 32 heavy (non-hydrogen) atoms. The van der Waals surface area contributed by atoms with E-state index in [-0.39, 0.29) is 17.2 Å². The molecular weight excluding hydrogens is 448 g/mol. The molecule has 8 nitrogen and oxygen atoms in total. The van der Waals surface area contributed by atoms with E-state index in [1.807, 2.05) is 6.92 Å². The highest BCUT2D eigenvalue weighted by Crippen LogP contribution is 2.31. The average molecular weight is 473 g/mol. The summed E-state index contributed by atoms with van der Waals surface area (Å²) in [5.74, 6) is 0.754. The summed E-state index contributed by atoms with van der Waals surface area (Å²) >= 11 is 7.74. The number of aryl methyl sites for hydroxylation is 1. The molecule has 4 heterocycles. The number of anilines is 2. The minimum absolute atomic E-state index is 0.0371. The van der Waals surface area contributed by atoms with Crippen LogP contribution < -0.4 is 15.1 Å². The highest BCUT2D eigenvalue weighted by Gasteiger charge is 2.25. The van der Waals surface area contributed by atoms with Gasteiger partial charge in [-0.3, -0.25) is 4.79 Å². The number of morpholine rings is 1. The molecule has 1 atom stereocenters. The van der Waals surface area contributed by atoms with Crippen LogP contribution >= 0.6 is 22.9 Å². The van der Waals surface area contributed by atoms with Gasteiger partial charge in [0.15, 0.2) is 0 Å². The molecule has 10 heteroatoms. The molecule has 2 aliphatic heterocycles. The van der Waals surface area contributed by atoms with E-state index in [0.717, 1.165) is 73.1 Å². The van der Waals surface area contributed by atoms with Crippen molar-refractivity contribution in [1.29, 1.82) is 0 Å². The zero-order valence-corrected chi connectivity index (χ0v) is 19.5. The monoisotopic (exact) mass is 472 g/mol. The van der Waals surface area contributed by atoms with Crippen molar-refractivity contribution in [3.63, 3.8) is 0 Å². The van der Waals surface area contributed by atoms with Gasteiger partial charge in [0, 0.05) is 43.3 Å². The molecule has 1 unspecified atom stereocenters. The van der Waals surface area contributed by atoms with Crippen molar-refractivity contribution in [1.82, 2.24) is 20.3 Å². The number of piperidine rings is 1. The van der Waals surface area contributed by atoms with E-state index in [9.17, 15) is 4.79 Å². The first-order chi connectivity index (χ1) is 15.6. The third-order valence-corrected chi connectivity index (χ3v) is 6.99. The number of fused-ring (bicyclic) bond motifs is 1. The van der Waals surface area contributed by atoms with E-state index in [1.54, 1.807) is 6.20 Å². The zero-order chi connectivity index (χ0) is 22.1. The second-order valence-corrected chi connectivity index (χ2v) is 9.69. The minimum Gasteiger partial charge on any atom is -0.378 e. The van der Waals surface area contributed by atoms with Crippen LogP contribution in [-0.4, -0.2) is 66.3 Å². The molecule has 1 amide bonds. The van der Waals surface area contributed by atoms with Crippen LogP contribution in [0.3, 0.4) is 0 Å². The second-order valence-electron chi connectivity index (χ2n) is 8.12. The summed E-state index contributed by atoms with van der Waals surface area (Å²) in [5.41, 5.74) is 1.94. The molecule has 0 radical (unpaired) electrons. The molecule has 0 spiro atoms. The van der Waals surface area contributed by atoms with Crippen LogP contribution in [0.2, 0.25) is 5.28 Å². The van der Waals surface area contributed by atoms with Crippen LogP contribution in [0.4, 0.5) is 11.5 Å². The van der Waals surface area contributed by atoms with Crippen LogP contribution in [0.1, 0.15) is 27.5 Å². The maximum atomic E-state index is 12.6. The predicted molar refractivity (Wildman–Crippen MR) is 127 cm³/mol. The predicted octanol–water partition coefficient (Wildman–Crippen LogP) is 3.28. The van der Waals surface area contributed by atoms with E-state index in [2.05, 4.69) is 48.3 Å². The van der Waals surface area contributed by atoms with Gasteiger partial charge in [0.25, 0.3) is 5.91 Å². The first-order valence-corrected chi connectivity index (χ1v) is 12.0. The van der Waals surface area contributed by atoms with Gasteiger partial charge in [-0.05, 0) is 49.6 Å². The van der Waals surface area contributed by atoms with Gasteiger partial charge >= 0.3 is 0 Å². The fourth-order valence-electron chi connectivity index (χ4n) is 4.34. The van der Waals surface area contributed by atoms with Gasteiger partial charge in [0.05, 0.1) is 29.9 Å². The van der Waals surface area contributed by atoms with E-state index < -0.39 is 0 Å². The summed E-state index contributed by atoms with van der Waals surface area (Å²) in [6.45, 7) is 6.63. The largest absolute Gasteiger partial charge is 0.378 e. The highest BCUT2D eigenvalue weighted by molar-refractivity contribution is 7.13. The Bertz CT molecular complexity index is 1130. The molecule has 1 N–H and O–H groups in total. The molecule has 0 bridgehead atoms. The number of ether oxygens (including phenoxy) is 1. The van der Waals surface area contributed by atoms with Crippen LogP contribution in [-0.2, 0) is 4.74 Å². The lowest BCUT2D eigenvalue weighted by Crippen LogP contribution is -2.48. The number of rotatable bonds is 4. The summed E-state index contributed by atoms with van der Waals surface area (Å²) in [5, 5.41) is 5.25. The lowest BCUT2D eigenvalue weighted by molar-refractivity contribution is 0.0937. The first kappa shape index (κ1) is 21.4. The molecule has 0 saturated carbocycles. The molecule has 5 rings (SSSR count). The van der Waals surface area contributed by atoms with Crippen molar-refractivity contribution in [3.05, 3.63) is 39.6 Å². The average Bonchev–Trinajstić information content (AvgIpc) is 3.25. The van der Waals surface area contributed by atoms with Crippen LogP contribution in [0.15, 0.2) is 24.4 Å². The van der Waals surface area contributed by atoms with Crippen molar-refractivity contribution >= 4 is 51.3 Å². The molecular formula is C22H25ClN6O2S. The van der Waals surface area contributed by atoms with Crippen molar-refractivity contribution in [2.75, 3.05) is 49.2 Å². The number of thiazole rings is 1. The Morgan fingerprint density at radius 1 is 1.22 bits per heavy atom. The Kier molecular flexibility index (Phi) is 6.12. The SMILES string of the molecule is Cc1ncc(C(=O)NC2CCCN(c3nc(Cl)nc4cc(N5CCOCC5)ccc34)C2)s1. The van der Waals surface area contributed by atoms with Crippen molar-refractivity contribution in [3.8, 4) is 0 Å². The normalized spacial score (nSPS) is 19.4. The Balaban J connectivity index is 1.37. The second kappa shape index (κ2) is 9.17. The van der Waals surface area contributed by atoms with Gasteiger partial charge in [-0.1, -0.05) is 0 Å². The first-order valence-electron chi connectivity index (χ1n) is 10.8. The van der Waals surface area contributed by atoms with E-state index >= 15 is 0 Å². The number of benzene rings is 1. The summed E-state index contributed by atoms with van der Waals surface area (Å²) in [7, 11) is 0. The smallest absolute Gasteiger partial charge is 0.263 e. The topological polar surface area (TPSA) is 83.5 Å². The molecule has 2 fully saturated rings. The molecule has 2 saturated heterocycles. The van der Waals surface area contributed by atoms with Gasteiger partial charge in [-0.2, -0.15) is 4.98 Å². The molecule has 0 aliphatic carbocycles. The van der Waals surface area contributed by atoms with E-state index in [0.29, 0.717) is 11.4 Å². The summed E-state index contributed by atoms with van der Waals surface area (Å²) in [4.78, 5) is 31.0. The maximum absolute atomic E-state index is 12.6. The van der Waals surface area contributed by atoms with Gasteiger partial charge in [-0.25, -0.2) is 9.97 Å². The third kappa shape index (κ3) is 4.51. The third-order valence-electron chi connectivity index (χ3n) is 5.91. The van der Waals surface area contributed by atoms with E-state index in [1.165, 1.54) is 11.3 Å². The Morgan fingerprint density at radius 3 is 2.84 bits per heavy atom. The molecule has 2 aromatic heterocycles. The van der Waals surface area contributed by atoms with Crippen molar-refractivity contribution in [2.45, 2.75) is 25.8 Å². The highest BCUT2D eigenvalue weighted by atomic mass is 35.5. The number of hydrogen-bond donors (Lipinski definition) is 1. The van der Waals surface area contributed by atoms with Crippen LogP contribution in [0, 0.1) is 6.92 Å². The number of carbonyl (C=O) groups is 1. The van der Waals surface area contributed by atoms with Gasteiger partial charge in [0.2, 0.25) is 5.28 Å². The number of carbonyl (C=O) groups excluding carboxylic acids is 1. The number of halogens is 1. The molecule has 1 aromatic carbocycles. The van der Waals surface area contributed by atoms with Crippen LogP contribution in [0.5, 0.6) is 0 Å². The fourth-order valence-corrected chi connectivity index (χ4v) is 5.19. The van der Waals surface area contributed by atoms with Crippen molar-refractivity contribution < 1.29 is 9.53 Å². The number of nitrogens with zero attached hydrogens (tertiary/aromatic N) is 5. The number of hydrogen-bond acceptors (Lipinski definition) is 8. The van der Waals surface area contributed by atoms with Crippen LogP contribution in [0.25, 0.3) is 10.9 Å². The fraction of sp³-hybridized carbons (Fsp3) is 0.455. The number of nitrogens with one attached hydrogen (secondary N) is 1. The lowest BCUT2D eigenvalue weighted by Gasteiger charge is -2.34. The van der Waals surface area contributed by atoms with Gasteiger partial charge in [0.1, 0.15) is 10.7 Å². The maximum Gasteiger partial charge on any atom is 0.263 e. The quantitative estimate of drug-likeness (QED) is 0.583. The van der Waals surface area contributed by atoms with Crippen molar-refractivity contribution in [2.24, 2.45) is 0 Å². The molecule has 2 aliphatic rings. The summed E-state index contributed by atoms with van der Waals surface area (Å²) in [6, 6.07) is 6.31. The summed E-state index contributed by atoms with van der Waals surface area (Å²) < 4.78 is 5.47. The van der Waals surface area contributed by atoms with Gasteiger partial charge < -0.3 is 19.9 Å². The summed E-state index contributed by atoms with van der Waals surface area (Å²) in [6.07, 6.45) is 3.53. The lowest BCUT2D eigenvalue weighted by atomic mass is 10.0. The number of amides is 1. The Morgan fingerprint density at radius 2 is 2.06 bits per heavy atom. The number of aromatic nitrogens is 3. The standard InChI is InChI=1S/C22H25ClN6O2S/c1-14-24-12-19(32-14)21(30)25-15-3-2-6-29(13-15)20-17-5-4-16(28-7-9-31-10-8-28)11-18(17)26-22(23)27-20/h4-5,11-12,15H,2-3,6-10,13H2,1H3,(H,25,30).